The Morgan fingerprint density at radius 3 is 2.77 bits per heavy atom. The number of hydrogen-bond acceptors (Lipinski definition) is 5. The topological polar surface area (TPSA) is 61.2 Å². The van der Waals surface area contributed by atoms with E-state index in [9.17, 15) is 9.59 Å². The van der Waals surface area contributed by atoms with Crippen LogP contribution < -0.4 is 5.56 Å². The molecule has 0 saturated heterocycles. The third-order valence-corrected chi connectivity index (χ3v) is 4.27. The van der Waals surface area contributed by atoms with Crippen LogP contribution in [0.25, 0.3) is 10.9 Å². The minimum absolute atomic E-state index is 0.0790. The molecule has 1 aromatic heterocycles. The third-order valence-electron chi connectivity index (χ3n) is 3.21. The summed E-state index contributed by atoms with van der Waals surface area (Å²) < 4.78 is 6.74. The molecule has 22 heavy (non-hydrogen) atoms. The van der Waals surface area contributed by atoms with Crippen LogP contribution in [0.4, 0.5) is 0 Å². The van der Waals surface area contributed by atoms with Crippen LogP contribution in [0.3, 0.4) is 0 Å². The summed E-state index contributed by atoms with van der Waals surface area (Å²) in [4.78, 5) is 28.9. The molecule has 0 spiro atoms. The predicted octanol–water partition coefficient (Wildman–Crippen LogP) is 2.85. The Morgan fingerprint density at radius 1 is 1.36 bits per heavy atom. The summed E-state index contributed by atoms with van der Waals surface area (Å²) in [6, 6.07) is 7.24. The number of aromatic nitrogens is 2. The number of carbonyl (C=O) groups excluding carboxylic acids is 1. The van der Waals surface area contributed by atoms with Crippen LogP contribution in [0.2, 0.25) is 0 Å². The highest BCUT2D eigenvalue weighted by molar-refractivity contribution is 8.00. The number of carbonyl (C=O) groups is 1. The lowest BCUT2D eigenvalue weighted by Gasteiger charge is -2.14. The summed E-state index contributed by atoms with van der Waals surface area (Å²) in [7, 11) is 0. The van der Waals surface area contributed by atoms with Gasteiger partial charge >= 0.3 is 5.97 Å². The zero-order chi connectivity index (χ0) is 16.1. The van der Waals surface area contributed by atoms with Crippen LogP contribution in [0, 0.1) is 0 Å². The molecule has 1 heterocycles. The quantitative estimate of drug-likeness (QED) is 0.465. The zero-order valence-corrected chi connectivity index (χ0v) is 13.9. The summed E-state index contributed by atoms with van der Waals surface area (Å²) in [5.41, 5.74) is 0.568. The van der Waals surface area contributed by atoms with E-state index in [0.29, 0.717) is 29.2 Å². The number of fused-ring (bicyclic) bond motifs is 1. The van der Waals surface area contributed by atoms with Gasteiger partial charge in [-0.1, -0.05) is 30.8 Å². The maximum atomic E-state index is 12.5. The molecule has 2 aromatic rings. The lowest BCUT2D eigenvalue weighted by molar-refractivity contribution is -0.142. The molecule has 2 rings (SSSR count). The Hall–Kier alpha value is -1.82. The monoisotopic (exact) mass is 320 g/mol. The van der Waals surface area contributed by atoms with Crippen molar-refractivity contribution in [3.05, 3.63) is 34.6 Å². The van der Waals surface area contributed by atoms with Gasteiger partial charge in [0, 0.05) is 6.54 Å². The number of rotatable bonds is 6. The molecule has 0 N–H and O–H groups in total. The van der Waals surface area contributed by atoms with E-state index >= 15 is 0 Å². The van der Waals surface area contributed by atoms with Gasteiger partial charge < -0.3 is 4.74 Å². The molecule has 6 heteroatoms. The molecule has 0 fully saturated rings. The molecule has 0 radical (unpaired) electrons. The number of nitrogens with zero attached hydrogens (tertiary/aromatic N) is 2. The first-order valence-electron chi connectivity index (χ1n) is 7.41. The second kappa shape index (κ2) is 7.45. The van der Waals surface area contributed by atoms with Crippen LogP contribution in [-0.2, 0) is 16.1 Å². The fourth-order valence-electron chi connectivity index (χ4n) is 2.04. The molecular weight excluding hydrogens is 300 g/mol. The maximum absolute atomic E-state index is 12.5. The summed E-state index contributed by atoms with van der Waals surface area (Å²) in [6.45, 7) is 6.53. The van der Waals surface area contributed by atoms with E-state index in [0.717, 1.165) is 6.42 Å². The Labute approximate surface area is 133 Å². The molecule has 0 saturated carbocycles. The number of benzene rings is 1. The Kier molecular flexibility index (Phi) is 5.60. The van der Waals surface area contributed by atoms with Gasteiger partial charge in [0.25, 0.3) is 5.56 Å². The molecule has 0 amide bonds. The van der Waals surface area contributed by atoms with E-state index < -0.39 is 5.25 Å². The Bertz CT molecular complexity index is 727. The number of hydrogen-bond donors (Lipinski definition) is 0. The minimum Gasteiger partial charge on any atom is -0.465 e. The fraction of sp³-hybridized carbons (Fsp3) is 0.438. The molecule has 5 nitrogen and oxygen atoms in total. The second-order valence-corrected chi connectivity index (χ2v) is 6.20. The van der Waals surface area contributed by atoms with Crippen LogP contribution in [-0.4, -0.2) is 27.4 Å². The largest absolute Gasteiger partial charge is 0.465 e. The first kappa shape index (κ1) is 16.5. The molecule has 118 valence electrons. The van der Waals surface area contributed by atoms with Gasteiger partial charge in [-0.25, -0.2) is 4.98 Å². The average molecular weight is 320 g/mol. The SMILES string of the molecule is CCCOC(=O)C(C)Sc1nc2ccccc2c(=O)n1CC. The van der Waals surface area contributed by atoms with E-state index in [-0.39, 0.29) is 11.5 Å². The molecule has 0 aliphatic carbocycles. The van der Waals surface area contributed by atoms with Gasteiger partial charge in [-0.2, -0.15) is 0 Å². The van der Waals surface area contributed by atoms with Crippen LogP contribution in [0.5, 0.6) is 0 Å². The van der Waals surface area contributed by atoms with Crippen molar-refractivity contribution in [2.24, 2.45) is 0 Å². The minimum atomic E-state index is -0.405. The lowest BCUT2D eigenvalue weighted by atomic mass is 10.2. The normalized spacial score (nSPS) is 12.3. The molecule has 1 atom stereocenters. The molecule has 0 aliphatic heterocycles. The van der Waals surface area contributed by atoms with Crippen molar-refractivity contribution in [3.8, 4) is 0 Å². The highest BCUT2D eigenvalue weighted by Crippen LogP contribution is 2.23. The van der Waals surface area contributed by atoms with Gasteiger partial charge in [0.1, 0.15) is 5.25 Å². The van der Waals surface area contributed by atoms with Gasteiger partial charge in [-0.3, -0.25) is 14.2 Å². The van der Waals surface area contributed by atoms with Crippen molar-refractivity contribution in [2.75, 3.05) is 6.61 Å². The summed E-state index contributed by atoms with van der Waals surface area (Å²) in [5, 5.41) is 0.736. The van der Waals surface area contributed by atoms with Crippen molar-refractivity contribution in [1.29, 1.82) is 0 Å². The highest BCUT2D eigenvalue weighted by Gasteiger charge is 2.19. The standard InChI is InChI=1S/C16H20N2O3S/c1-4-10-21-15(20)11(3)22-16-17-13-9-7-6-8-12(13)14(19)18(16)5-2/h6-9,11H,4-5,10H2,1-3H3. The Balaban J connectivity index is 2.34. The maximum Gasteiger partial charge on any atom is 0.319 e. The van der Waals surface area contributed by atoms with Gasteiger partial charge in [-0.05, 0) is 32.4 Å². The highest BCUT2D eigenvalue weighted by atomic mass is 32.2. The molecule has 1 aromatic carbocycles. The van der Waals surface area contributed by atoms with Crippen LogP contribution in [0.1, 0.15) is 27.2 Å². The van der Waals surface area contributed by atoms with E-state index in [1.165, 1.54) is 11.8 Å². The van der Waals surface area contributed by atoms with E-state index in [4.69, 9.17) is 4.74 Å². The summed E-state index contributed by atoms with van der Waals surface area (Å²) in [6.07, 6.45) is 0.789. The zero-order valence-electron chi connectivity index (χ0n) is 13.0. The number of ether oxygens (including phenoxy) is 1. The van der Waals surface area contributed by atoms with Gasteiger partial charge in [0.05, 0.1) is 17.5 Å². The fourth-order valence-corrected chi connectivity index (χ4v) is 3.01. The van der Waals surface area contributed by atoms with E-state index in [2.05, 4.69) is 4.98 Å². The van der Waals surface area contributed by atoms with Gasteiger partial charge in [0.2, 0.25) is 0 Å². The summed E-state index contributed by atoms with van der Waals surface area (Å²) >= 11 is 1.26. The number of thioether (sulfide) groups is 1. The lowest BCUT2D eigenvalue weighted by Crippen LogP contribution is -2.25. The van der Waals surface area contributed by atoms with Gasteiger partial charge in [0.15, 0.2) is 5.16 Å². The van der Waals surface area contributed by atoms with Crippen LogP contribution in [0.15, 0.2) is 34.2 Å². The molecule has 1 unspecified atom stereocenters. The van der Waals surface area contributed by atoms with E-state index in [1.54, 1.807) is 23.6 Å². The predicted molar refractivity (Wildman–Crippen MR) is 88.2 cm³/mol. The van der Waals surface area contributed by atoms with Crippen molar-refractivity contribution in [1.82, 2.24) is 9.55 Å². The van der Waals surface area contributed by atoms with Crippen molar-refractivity contribution in [3.63, 3.8) is 0 Å². The van der Waals surface area contributed by atoms with Gasteiger partial charge in [-0.15, -0.1) is 0 Å². The van der Waals surface area contributed by atoms with Crippen molar-refractivity contribution >= 4 is 28.6 Å². The molecular formula is C16H20N2O3S. The first-order chi connectivity index (χ1) is 10.6. The molecule has 0 bridgehead atoms. The third kappa shape index (κ3) is 3.50. The Morgan fingerprint density at radius 2 is 2.09 bits per heavy atom. The number of para-hydroxylation sites is 1. The smallest absolute Gasteiger partial charge is 0.319 e. The first-order valence-corrected chi connectivity index (χ1v) is 8.29. The van der Waals surface area contributed by atoms with Crippen molar-refractivity contribution in [2.45, 2.75) is 44.1 Å². The summed E-state index contributed by atoms with van der Waals surface area (Å²) in [5.74, 6) is -0.281. The number of esters is 1. The van der Waals surface area contributed by atoms with Crippen LogP contribution >= 0.6 is 11.8 Å². The second-order valence-electron chi connectivity index (χ2n) is 4.89. The van der Waals surface area contributed by atoms with E-state index in [1.807, 2.05) is 26.0 Å². The average Bonchev–Trinajstić information content (AvgIpc) is 2.53. The molecule has 0 aliphatic rings. The van der Waals surface area contributed by atoms with Crippen molar-refractivity contribution < 1.29 is 9.53 Å².